The molecular formula is C16H15N3O. The van der Waals surface area contributed by atoms with E-state index >= 15 is 0 Å². The zero-order chi connectivity index (χ0) is 13.9. The molecule has 2 aromatic rings. The molecule has 1 aliphatic heterocycles. The third-order valence-electron chi connectivity index (χ3n) is 3.47. The van der Waals surface area contributed by atoms with Crippen molar-refractivity contribution in [3.63, 3.8) is 0 Å². The largest absolute Gasteiger partial charge is 0.306 e. The van der Waals surface area contributed by atoms with Crippen LogP contribution < -0.4 is 4.90 Å². The summed E-state index contributed by atoms with van der Waals surface area (Å²) >= 11 is 0. The van der Waals surface area contributed by atoms with Gasteiger partial charge in [0.25, 0.3) is 5.91 Å². The second-order valence-corrected chi connectivity index (χ2v) is 4.66. The van der Waals surface area contributed by atoms with Crippen molar-refractivity contribution >= 4 is 17.3 Å². The highest BCUT2D eigenvalue weighted by Gasteiger charge is 2.32. The van der Waals surface area contributed by atoms with Gasteiger partial charge in [-0.05, 0) is 24.1 Å². The number of carbonyl (C=O) groups is 1. The Labute approximate surface area is 117 Å². The van der Waals surface area contributed by atoms with E-state index in [-0.39, 0.29) is 5.91 Å². The van der Waals surface area contributed by atoms with Crippen molar-refractivity contribution in [3.8, 4) is 0 Å². The first-order valence-electron chi connectivity index (χ1n) is 6.58. The maximum absolute atomic E-state index is 12.4. The number of fused-ring (bicyclic) bond motifs is 1. The second-order valence-electron chi connectivity index (χ2n) is 4.66. The molecule has 0 atom stereocenters. The number of pyridine rings is 1. The molecule has 4 heteroatoms. The molecule has 0 aliphatic carbocycles. The van der Waals surface area contributed by atoms with E-state index in [1.165, 1.54) is 0 Å². The van der Waals surface area contributed by atoms with Crippen molar-refractivity contribution in [2.45, 2.75) is 6.42 Å². The number of carbonyl (C=O) groups excluding carboxylic acids is 1. The van der Waals surface area contributed by atoms with Crippen LogP contribution in [0, 0.1) is 0 Å². The molecule has 3 rings (SSSR count). The van der Waals surface area contributed by atoms with E-state index in [0.29, 0.717) is 12.3 Å². The van der Waals surface area contributed by atoms with Crippen LogP contribution in [0.25, 0.3) is 0 Å². The van der Waals surface area contributed by atoms with E-state index in [2.05, 4.69) is 9.98 Å². The SMILES string of the molecule is CN=C1C(=O)N(CCc2cccnc2)c2ccccc21. The molecule has 0 radical (unpaired) electrons. The summed E-state index contributed by atoms with van der Waals surface area (Å²) in [4.78, 5) is 22.4. The number of anilines is 1. The minimum atomic E-state index is -0.0161. The normalized spacial score (nSPS) is 15.8. The highest BCUT2D eigenvalue weighted by Crippen LogP contribution is 2.29. The van der Waals surface area contributed by atoms with Crippen molar-refractivity contribution in [1.82, 2.24) is 4.98 Å². The lowest BCUT2D eigenvalue weighted by Crippen LogP contribution is -2.32. The second kappa shape index (κ2) is 5.25. The number of para-hydroxylation sites is 1. The van der Waals surface area contributed by atoms with Crippen LogP contribution in [0.1, 0.15) is 11.1 Å². The molecule has 1 aromatic carbocycles. The molecule has 1 amide bonds. The molecule has 0 N–H and O–H groups in total. The monoisotopic (exact) mass is 265 g/mol. The number of hydrogen-bond donors (Lipinski definition) is 0. The van der Waals surface area contributed by atoms with Crippen molar-refractivity contribution in [3.05, 3.63) is 59.9 Å². The Morgan fingerprint density at radius 2 is 2.05 bits per heavy atom. The molecular weight excluding hydrogens is 250 g/mol. The number of benzene rings is 1. The van der Waals surface area contributed by atoms with Gasteiger partial charge in [-0.25, -0.2) is 0 Å². The fraction of sp³-hybridized carbons (Fsp3) is 0.188. The number of amides is 1. The Morgan fingerprint density at radius 1 is 1.20 bits per heavy atom. The van der Waals surface area contributed by atoms with E-state index < -0.39 is 0 Å². The first kappa shape index (κ1) is 12.5. The molecule has 20 heavy (non-hydrogen) atoms. The molecule has 1 aromatic heterocycles. The van der Waals surface area contributed by atoms with Gasteiger partial charge in [0.05, 0.1) is 5.69 Å². The predicted molar refractivity (Wildman–Crippen MR) is 79.2 cm³/mol. The molecule has 100 valence electrons. The van der Waals surface area contributed by atoms with Gasteiger partial charge in [0.1, 0.15) is 5.71 Å². The van der Waals surface area contributed by atoms with E-state index in [0.717, 1.165) is 23.2 Å². The third-order valence-corrected chi connectivity index (χ3v) is 3.47. The van der Waals surface area contributed by atoms with Crippen LogP contribution in [-0.2, 0) is 11.2 Å². The number of nitrogens with zero attached hydrogens (tertiary/aromatic N) is 3. The Hall–Kier alpha value is -2.49. The summed E-state index contributed by atoms with van der Waals surface area (Å²) in [7, 11) is 1.66. The van der Waals surface area contributed by atoms with Crippen molar-refractivity contribution < 1.29 is 4.79 Å². The molecule has 0 bridgehead atoms. The first-order valence-corrected chi connectivity index (χ1v) is 6.58. The molecule has 0 saturated carbocycles. The lowest BCUT2D eigenvalue weighted by Gasteiger charge is -2.16. The van der Waals surface area contributed by atoms with Crippen LogP contribution in [0.15, 0.2) is 53.8 Å². The standard InChI is InChI=1S/C16H15N3O/c1-17-15-13-6-2-3-7-14(13)19(16(15)20)10-8-12-5-4-9-18-11-12/h2-7,9,11H,8,10H2,1H3. The predicted octanol–water partition coefficient (Wildman–Crippen LogP) is 2.09. The quantitative estimate of drug-likeness (QED) is 0.853. The van der Waals surface area contributed by atoms with E-state index in [9.17, 15) is 4.79 Å². The van der Waals surface area contributed by atoms with Crippen LogP contribution in [-0.4, -0.2) is 30.2 Å². The van der Waals surface area contributed by atoms with Crippen LogP contribution >= 0.6 is 0 Å². The lowest BCUT2D eigenvalue weighted by molar-refractivity contribution is -0.112. The maximum Gasteiger partial charge on any atom is 0.277 e. The fourth-order valence-corrected chi connectivity index (χ4v) is 2.49. The average molecular weight is 265 g/mol. The molecule has 0 spiro atoms. The summed E-state index contributed by atoms with van der Waals surface area (Å²) < 4.78 is 0. The Balaban J connectivity index is 1.85. The van der Waals surface area contributed by atoms with E-state index in [1.807, 2.05) is 42.6 Å². The van der Waals surface area contributed by atoms with Gasteiger partial charge in [0, 0.05) is 31.5 Å². The summed E-state index contributed by atoms with van der Waals surface area (Å²) in [5.41, 5.74) is 3.54. The van der Waals surface area contributed by atoms with E-state index in [4.69, 9.17) is 0 Å². The molecule has 0 unspecified atom stereocenters. The van der Waals surface area contributed by atoms with Gasteiger partial charge in [-0.1, -0.05) is 24.3 Å². The molecule has 4 nitrogen and oxygen atoms in total. The fourth-order valence-electron chi connectivity index (χ4n) is 2.49. The molecule has 1 aliphatic rings. The minimum absolute atomic E-state index is 0.0161. The topological polar surface area (TPSA) is 45.6 Å². The minimum Gasteiger partial charge on any atom is -0.306 e. The van der Waals surface area contributed by atoms with Crippen LogP contribution in [0.2, 0.25) is 0 Å². The first-order chi connectivity index (χ1) is 9.81. The Bertz CT molecular complexity index is 664. The van der Waals surface area contributed by atoms with Crippen molar-refractivity contribution in [2.24, 2.45) is 4.99 Å². The number of rotatable bonds is 3. The van der Waals surface area contributed by atoms with Gasteiger partial charge < -0.3 is 4.90 Å². The van der Waals surface area contributed by atoms with Gasteiger partial charge >= 0.3 is 0 Å². The number of aliphatic imine (C=N–C) groups is 1. The maximum atomic E-state index is 12.4. The van der Waals surface area contributed by atoms with Gasteiger partial charge in [0.2, 0.25) is 0 Å². The highest BCUT2D eigenvalue weighted by molar-refractivity contribution is 6.54. The van der Waals surface area contributed by atoms with Crippen molar-refractivity contribution in [2.75, 3.05) is 18.5 Å². The van der Waals surface area contributed by atoms with E-state index in [1.54, 1.807) is 18.1 Å². The molecule has 0 saturated heterocycles. The zero-order valence-electron chi connectivity index (χ0n) is 11.3. The number of hydrogen-bond acceptors (Lipinski definition) is 3. The lowest BCUT2D eigenvalue weighted by atomic mass is 10.1. The summed E-state index contributed by atoms with van der Waals surface area (Å²) in [5, 5.41) is 0. The third kappa shape index (κ3) is 2.09. The zero-order valence-corrected chi connectivity index (χ0v) is 11.3. The Kier molecular flexibility index (Phi) is 3.29. The van der Waals surface area contributed by atoms with Gasteiger partial charge in [0.15, 0.2) is 0 Å². The van der Waals surface area contributed by atoms with Crippen LogP contribution in [0.3, 0.4) is 0 Å². The highest BCUT2D eigenvalue weighted by atomic mass is 16.2. The summed E-state index contributed by atoms with van der Waals surface area (Å²) in [6, 6.07) is 11.7. The summed E-state index contributed by atoms with van der Waals surface area (Å²) in [6.07, 6.45) is 4.37. The molecule has 2 heterocycles. The van der Waals surface area contributed by atoms with Crippen LogP contribution in [0.5, 0.6) is 0 Å². The van der Waals surface area contributed by atoms with Gasteiger partial charge in [-0.3, -0.25) is 14.8 Å². The van der Waals surface area contributed by atoms with Crippen molar-refractivity contribution in [1.29, 1.82) is 0 Å². The Morgan fingerprint density at radius 3 is 2.80 bits per heavy atom. The summed E-state index contributed by atoms with van der Waals surface area (Å²) in [5.74, 6) is -0.0161. The van der Waals surface area contributed by atoms with Gasteiger partial charge in [-0.2, -0.15) is 0 Å². The smallest absolute Gasteiger partial charge is 0.277 e. The van der Waals surface area contributed by atoms with Crippen LogP contribution in [0.4, 0.5) is 5.69 Å². The molecule has 0 fully saturated rings. The number of aromatic nitrogens is 1. The summed E-state index contributed by atoms with van der Waals surface area (Å²) in [6.45, 7) is 0.639. The van der Waals surface area contributed by atoms with Gasteiger partial charge in [-0.15, -0.1) is 0 Å². The average Bonchev–Trinajstić information content (AvgIpc) is 2.77.